The van der Waals surface area contributed by atoms with Crippen LogP contribution < -0.4 is 5.73 Å². The second-order valence-corrected chi connectivity index (χ2v) is 6.00. The van der Waals surface area contributed by atoms with E-state index in [1.165, 1.54) is 43.4 Å². The van der Waals surface area contributed by atoms with Gasteiger partial charge in [0, 0.05) is 6.04 Å². The van der Waals surface area contributed by atoms with Gasteiger partial charge in [0.25, 0.3) is 0 Å². The molecule has 2 fully saturated rings. The van der Waals surface area contributed by atoms with E-state index in [9.17, 15) is 0 Å². The maximum atomic E-state index is 5.95. The lowest BCUT2D eigenvalue weighted by atomic mass is 9.84. The van der Waals surface area contributed by atoms with Gasteiger partial charge in [-0.05, 0) is 68.8 Å². The summed E-state index contributed by atoms with van der Waals surface area (Å²) in [5.41, 5.74) is 8.94. The molecule has 18 heavy (non-hydrogen) atoms. The van der Waals surface area contributed by atoms with Crippen molar-refractivity contribution in [2.24, 2.45) is 11.7 Å². The first-order valence-corrected chi connectivity index (χ1v) is 7.29. The number of piperidine rings is 1. The molecule has 1 aromatic carbocycles. The van der Waals surface area contributed by atoms with Gasteiger partial charge in [-0.25, -0.2) is 0 Å². The zero-order valence-electron chi connectivity index (χ0n) is 11.3. The Kier molecular flexibility index (Phi) is 3.40. The number of hydrogen-bond acceptors (Lipinski definition) is 2. The molecular formula is C16H24N2. The minimum atomic E-state index is 0.525. The van der Waals surface area contributed by atoms with E-state index in [0.29, 0.717) is 12.0 Å². The van der Waals surface area contributed by atoms with E-state index in [-0.39, 0.29) is 0 Å². The van der Waals surface area contributed by atoms with Gasteiger partial charge in [-0.1, -0.05) is 24.3 Å². The van der Waals surface area contributed by atoms with E-state index in [1.54, 1.807) is 0 Å². The Morgan fingerprint density at radius 2 is 1.78 bits per heavy atom. The maximum absolute atomic E-state index is 5.95. The zero-order valence-corrected chi connectivity index (χ0v) is 11.3. The standard InChI is InChI=1S/C16H24N2/c1-18-10-2-3-15(11-17)16(18)14-8-6-13(7-9-14)12-4-5-12/h6-9,12,15-16H,2-5,10-11,17H2,1H3. The summed E-state index contributed by atoms with van der Waals surface area (Å²) >= 11 is 0. The molecule has 2 heteroatoms. The van der Waals surface area contributed by atoms with Gasteiger partial charge in [0.05, 0.1) is 0 Å². The minimum absolute atomic E-state index is 0.525. The Hall–Kier alpha value is -0.860. The topological polar surface area (TPSA) is 29.3 Å². The van der Waals surface area contributed by atoms with Crippen LogP contribution in [0, 0.1) is 5.92 Å². The van der Waals surface area contributed by atoms with Crippen molar-refractivity contribution in [2.75, 3.05) is 20.1 Å². The molecule has 3 rings (SSSR count). The van der Waals surface area contributed by atoms with E-state index in [2.05, 4.69) is 36.2 Å². The molecule has 0 radical (unpaired) electrons. The second kappa shape index (κ2) is 5.02. The highest BCUT2D eigenvalue weighted by molar-refractivity contribution is 5.30. The molecule has 0 aromatic heterocycles. The Bertz CT molecular complexity index is 394. The molecule has 0 bridgehead atoms. The molecule has 2 N–H and O–H groups in total. The van der Waals surface area contributed by atoms with E-state index < -0.39 is 0 Å². The van der Waals surface area contributed by atoms with Crippen LogP contribution in [0.4, 0.5) is 0 Å². The molecule has 2 nitrogen and oxygen atoms in total. The maximum Gasteiger partial charge on any atom is 0.0385 e. The van der Waals surface area contributed by atoms with Gasteiger partial charge in [0.2, 0.25) is 0 Å². The number of hydrogen-bond donors (Lipinski definition) is 1. The summed E-state index contributed by atoms with van der Waals surface area (Å²) in [6.45, 7) is 2.00. The number of nitrogens with two attached hydrogens (primary N) is 1. The van der Waals surface area contributed by atoms with Gasteiger partial charge in [0.15, 0.2) is 0 Å². The van der Waals surface area contributed by atoms with Crippen LogP contribution in [0.5, 0.6) is 0 Å². The van der Waals surface area contributed by atoms with Crippen LogP contribution in [-0.4, -0.2) is 25.0 Å². The van der Waals surface area contributed by atoms with Crippen molar-refractivity contribution in [3.63, 3.8) is 0 Å². The third-order valence-electron chi connectivity index (χ3n) is 4.64. The summed E-state index contributed by atoms with van der Waals surface area (Å²) in [4.78, 5) is 2.48. The van der Waals surface area contributed by atoms with Crippen LogP contribution in [0.25, 0.3) is 0 Å². The fourth-order valence-electron chi connectivity index (χ4n) is 3.42. The lowest BCUT2D eigenvalue weighted by Crippen LogP contribution is -2.39. The van der Waals surface area contributed by atoms with Crippen molar-refractivity contribution >= 4 is 0 Å². The highest BCUT2D eigenvalue weighted by Crippen LogP contribution is 2.41. The lowest BCUT2D eigenvalue weighted by molar-refractivity contribution is 0.125. The molecule has 0 spiro atoms. The molecule has 1 aromatic rings. The van der Waals surface area contributed by atoms with Crippen molar-refractivity contribution in [1.82, 2.24) is 4.90 Å². The van der Waals surface area contributed by atoms with Gasteiger partial charge in [-0.2, -0.15) is 0 Å². The van der Waals surface area contributed by atoms with Gasteiger partial charge >= 0.3 is 0 Å². The summed E-state index contributed by atoms with van der Waals surface area (Å²) < 4.78 is 0. The molecule has 1 saturated carbocycles. The van der Waals surface area contributed by atoms with Crippen LogP contribution in [-0.2, 0) is 0 Å². The average Bonchev–Trinajstić information content (AvgIpc) is 3.23. The first-order chi connectivity index (χ1) is 8.79. The quantitative estimate of drug-likeness (QED) is 0.886. The van der Waals surface area contributed by atoms with Gasteiger partial charge in [0.1, 0.15) is 0 Å². The van der Waals surface area contributed by atoms with Gasteiger partial charge in [-0.3, -0.25) is 4.90 Å². The molecule has 1 aliphatic heterocycles. The number of rotatable bonds is 3. The molecule has 2 atom stereocenters. The summed E-state index contributed by atoms with van der Waals surface area (Å²) in [7, 11) is 2.24. The molecule has 1 aliphatic carbocycles. The van der Waals surface area contributed by atoms with Gasteiger partial charge in [-0.15, -0.1) is 0 Å². The molecule has 2 unspecified atom stereocenters. The molecule has 1 saturated heterocycles. The summed E-state index contributed by atoms with van der Waals surface area (Å²) in [5.74, 6) is 1.48. The largest absolute Gasteiger partial charge is 0.330 e. The van der Waals surface area contributed by atoms with Crippen molar-refractivity contribution in [2.45, 2.75) is 37.6 Å². The minimum Gasteiger partial charge on any atom is -0.330 e. The average molecular weight is 244 g/mol. The highest BCUT2D eigenvalue weighted by atomic mass is 15.1. The van der Waals surface area contributed by atoms with E-state index in [1.807, 2.05) is 0 Å². The second-order valence-electron chi connectivity index (χ2n) is 6.00. The Balaban J connectivity index is 1.81. The number of likely N-dealkylation sites (tertiary alicyclic amines) is 1. The number of benzene rings is 1. The Morgan fingerprint density at radius 1 is 1.11 bits per heavy atom. The number of nitrogens with zero attached hydrogens (tertiary/aromatic N) is 1. The van der Waals surface area contributed by atoms with E-state index in [0.717, 1.165) is 12.5 Å². The lowest BCUT2D eigenvalue weighted by Gasteiger charge is -2.39. The van der Waals surface area contributed by atoms with Crippen molar-refractivity contribution in [3.05, 3.63) is 35.4 Å². The third-order valence-corrected chi connectivity index (χ3v) is 4.64. The monoisotopic (exact) mass is 244 g/mol. The molecule has 98 valence electrons. The zero-order chi connectivity index (χ0) is 12.5. The fourth-order valence-corrected chi connectivity index (χ4v) is 3.42. The van der Waals surface area contributed by atoms with E-state index >= 15 is 0 Å². The predicted molar refractivity (Wildman–Crippen MR) is 75.6 cm³/mol. The highest BCUT2D eigenvalue weighted by Gasteiger charge is 2.30. The third kappa shape index (κ3) is 2.32. The van der Waals surface area contributed by atoms with Gasteiger partial charge < -0.3 is 5.73 Å². The molecule has 2 aliphatic rings. The molecule has 0 amide bonds. The van der Waals surface area contributed by atoms with Crippen molar-refractivity contribution in [3.8, 4) is 0 Å². The van der Waals surface area contributed by atoms with Crippen molar-refractivity contribution < 1.29 is 0 Å². The fraction of sp³-hybridized carbons (Fsp3) is 0.625. The van der Waals surface area contributed by atoms with Crippen LogP contribution in [0.15, 0.2) is 24.3 Å². The Morgan fingerprint density at radius 3 is 2.39 bits per heavy atom. The van der Waals surface area contributed by atoms with E-state index in [4.69, 9.17) is 5.73 Å². The SMILES string of the molecule is CN1CCCC(CN)C1c1ccc(C2CC2)cc1. The van der Waals surface area contributed by atoms with Crippen LogP contribution >= 0.6 is 0 Å². The normalized spacial score (nSPS) is 29.4. The van der Waals surface area contributed by atoms with Crippen LogP contribution in [0.1, 0.15) is 48.8 Å². The van der Waals surface area contributed by atoms with Crippen LogP contribution in [0.2, 0.25) is 0 Å². The first kappa shape index (κ1) is 12.2. The predicted octanol–water partition coefficient (Wildman–Crippen LogP) is 2.91. The smallest absolute Gasteiger partial charge is 0.0385 e. The molecule has 1 heterocycles. The Labute approximate surface area is 110 Å². The summed E-state index contributed by atoms with van der Waals surface area (Å²) in [6, 6.07) is 9.87. The summed E-state index contributed by atoms with van der Waals surface area (Å²) in [5, 5.41) is 0. The van der Waals surface area contributed by atoms with Crippen LogP contribution in [0.3, 0.4) is 0 Å². The first-order valence-electron chi connectivity index (χ1n) is 7.29. The van der Waals surface area contributed by atoms with Crippen molar-refractivity contribution in [1.29, 1.82) is 0 Å². The summed E-state index contributed by atoms with van der Waals surface area (Å²) in [6.07, 6.45) is 5.33. The molecular weight excluding hydrogens is 220 g/mol.